The predicted octanol–water partition coefficient (Wildman–Crippen LogP) is 4.18. The average Bonchev–Trinajstić information content (AvgIpc) is 2.74. The molecule has 0 spiro atoms. The maximum absolute atomic E-state index is 12.4. The summed E-state index contributed by atoms with van der Waals surface area (Å²) in [7, 11) is 0. The number of esters is 1. The van der Waals surface area contributed by atoms with Crippen LogP contribution in [0, 0.1) is 5.92 Å². The number of carbonyl (C=O) groups is 3. The van der Waals surface area contributed by atoms with Crippen molar-refractivity contribution in [1.82, 2.24) is 0 Å². The number of carboxylic acids is 1. The zero-order valence-corrected chi connectivity index (χ0v) is 18.1. The third-order valence-electron chi connectivity index (χ3n) is 4.97. The molecule has 1 fully saturated rings. The van der Waals surface area contributed by atoms with E-state index in [1.807, 2.05) is 4.90 Å². The molecule has 7 nitrogen and oxygen atoms in total. The number of hydrogen-bond donors (Lipinski definition) is 2. The van der Waals surface area contributed by atoms with Crippen molar-refractivity contribution in [3.8, 4) is 0 Å². The van der Waals surface area contributed by atoms with Crippen molar-refractivity contribution in [3.63, 3.8) is 0 Å². The fourth-order valence-electron chi connectivity index (χ4n) is 3.51. The SMILES string of the molecule is CCOC(=O)[C@@H]1CCCN(c2ccc(NC(=O)c3ccc(Br)cc3)cc2C(=O)O)C1. The van der Waals surface area contributed by atoms with Gasteiger partial charge in [-0.15, -0.1) is 0 Å². The van der Waals surface area contributed by atoms with E-state index in [1.165, 1.54) is 6.07 Å². The summed E-state index contributed by atoms with van der Waals surface area (Å²) in [6, 6.07) is 11.7. The minimum atomic E-state index is -1.09. The Hall–Kier alpha value is -2.87. The molecule has 1 amide bonds. The van der Waals surface area contributed by atoms with Gasteiger partial charge in [0.15, 0.2) is 0 Å². The van der Waals surface area contributed by atoms with Crippen molar-refractivity contribution in [2.45, 2.75) is 19.8 Å². The van der Waals surface area contributed by atoms with Gasteiger partial charge in [-0.1, -0.05) is 15.9 Å². The standard InChI is InChI=1S/C22H23BrN2O5/c1-2-30-22(29)15-4-3-11-25(13-15)19-10-9-17(12-18(19)21(27)28)24-20(26)14-5-7-16(23)8-6-14/h5-10,12,15H,2-4,11,13H2,1H3,(H,24,26)(H,27,28)/t15-/m1/s1. The highest BCUT2D eigenvalue weighted by Gasteiger charge is 2.29. The Balaban J connectivity index is 1.79. The first kappa shape index (κ1) is 21.8. The van der Waals surface area contributed by atoms with E-state index in [0.717, 1.165) is 17.3 Å². The zero-order valence-electron chi connectivity index (χ0n) is 16.6. The van der Waals surface area contributed by atoms with Crippen LogP contribution in [-0.4, -0.2) is 42.6 Å². The van der Waals surface area contributed by atoms with Crippen LogP contribution in [0.25, 0.3) is 0 Å². The van der Waals surface area contributed by atoms with Gasteiger partial charge in [-0.3, -0.25) is 9.59 Å². The number of halogens is 1. The number of carbonyl (C=O) groups excluding carboxylic acids is 2. The van der Waals surface area contributed by atoms with Crippen LogP contribution in [0.4, 0.5) is 11.4 Å². The lowest BCUT2D eigenvalue weighted by atomic mass is 9.96. The fraction of sp³-hybridized carbons (Fsp3) is 0.318. The van der Waals surface area contributed by atoms with E-state index in [9.17, 15) is 19.5 Å². The van der Waals surface area contributed by atoms with E-state index in [-0.39, 0.29) is 23.4 Å². The molecule has 0 aromatic heterocycles. The van der Waals surface area contributed by atoms with E-state index in [0.29, 0.717) is 36.6 Å². The molecule has 0 radical (unpaired) electrons. The van der Waals surface area contributed by atoms with E-state index in [1.54, 1.807) is 43.3 Å². The Labute approximate surface area is 183 Å². The van der Waals surface area contributed by atoms with E-state index >= 15 is 0 Å². The van der Waals surface area contributed by atoms with Crippen LogP contribution < -0.4 is 10.2 Å². The second kappa shape index (κ2) is 9.75. The first-order valence-corrected chi connectivity index (χ1v) is 10.5. The Morgan fingerprint density at radius 1 is 1.20 bits per heavy atom. The summed E-state index contributed by atoms with van der Waals surface area (Å²) in [5.74, 6) is -1.95. The number of nitrogens with one attached hydrogen (secondary N) is 1. The van der Waals surface area contributed by atoms with E-state index < -0.39 is 5.97 Å². The highest BCUT2D eigenvalue weighted by atomic mass is 79.9. The maximum atomic E-state index is 12.4. The first-order valence-electron chi connectivity index (χ1n) is 9.75. The minimum Gasteiger partial charge on any atom is -0.478 e. The Morgan fingerprint density at radius 2 is 1.93 bits per heavy atom. The second-order valence-electron chi connectivity index (χ2n) is 7.04. The van der Waals surface area contributed by atoms with Gasteiger partial charge >= 0.3 is 11.9 Å². The molecule has 0 bridgehead atoms. The summed E-state index contributed by atoms with van der Waals surface area (Å²) in [4.78, 5) is 38.3. The van der Waals surface area contributed by atoms with Crippen molar-refractivity contribution in [2.75, 3.05) is 29.9 Å². The topological polar surface area (TPSA) is 95.9 Å². The minimum absolute atomic E-state index is 0.0770. The van der Waals surface area contributed by atoms with Crippen molar-refractivity contribution < 1.29 is 24.2 Å². The molecule has 8 heteroatoms. The van der Waals surface area contributed by atoms with Gasteiger partial charge in [0.25, 0.3) is 5.91 Å². The van der Waals surface area contributed by atoms with Gasteiger partial charge in [0.05, 0.1) is 23.8 Å². The molecular formula is C22H23BrN2O5. The largest absolute Gasteiger partial charge is 0.478 e. The highest BCUT2D eigenvalue weighted by molar-refractivity contribution is 9.10. The summed E-state index contributed by atoms with van der Waals surface area (Å²) in [6.45, 7) is 3.15. The van der Waals surface area contributed by atoms with Crippen LogP contribution in [-0.2, 0) is 9.53 Å². The number of rotatable bonds is 6. The first-order chi connectivity index (χ1) is 14.4. The highest BCUT2D eigenvalue weighted by Crippen LogP contribution is 2.29. The lowest BCUT2D eigenvalue weighted by Crippen LogP contribution is -2.40. The van der Waals surface area contributed by atoms with E-state index in [4.69, 9.17) is 4.74 Å². The van der Waals surface area contributed by atoms with Gasteiger partial charge in [0, 0.05) is 28.8 Å². The molecule has 1 heterocycles. The molecule has 2 N–H and O–H groups in total. The number of piperidine rings is 1. The van der Waals surface area contributed by atoms with Crippen molar-refractivity contribution in [2.24, 2.45) is 5.92 Å². The summed E-state index contributed by atoms with van der Waals surface area (Å²) in [5.41, 5.74) is 1.46. The molecular weight excluding hydrogens is 452 g/mol. The second-order valence-corrected chi connectivity index (χ2v) is 7.95. The lowest BCUT2D eigenvalue weighted by molar-refractivity contribution is -0.148. The third-order valence-corrected chi connectivity index (χ3v) is 5.50. The van der Waals surface area contributed by atoms with E-state index in [2.05, 4.69) is 21.2 Å². The number of hydrogen-bond acceptors (Lipinski definition) is 5. The van der Waals surface area contributed by atoms with Crippen LogP contribution in [0.15, 0.2) is 46.9 Å². The van der Waals surface area contributed by atoms with Gasteiger partial charge in [-0.05, 0) is 62.2 Å². The molecule has 2 aromatic rings. The number of amides is 1. The Kier molecular flexibility index (Phi) is 7.10. The lowest BCUT2D eigenvalue weighted by Gasteiger charge is -2.34. The summed E-state index contributed by atoms with van der Waals surface area (Å²) < 4.78 is 5.98. The smallest absolute Gasteiger partial charge is 0.337 e. The van der Waals surface area contributed by atoms with Gasteiger partial charge in [0.1, 0.15) is 0 Å². The van der Waals surface area contributed by atoms with Crippen LogP contribution in [0.3, 0.4) is 0 Å². The van der Waals surface area contributed by atoms with Gasteiger partial charge < -0.3 is 20.1 Å². The number of anilines is 2. The number of ether oxygens (including phenoxy) is 1. The molecule has 1 atom stereocenters. The Bertz CT molecular complexity index is 945. The predicted molar refractivity (Wildman–Crippen MR) is 117 cm³/mol. The molecule has 1 saturated heterocycles. The number of aromatic carboxylic acids is 1. The number of carboxylic acid groups (broad SMARTS) is 1. The number of nitrogens with zero attached hydrogens (tertiary/aromatic N) is 1. The van der Waals surface area contributed by atoms with Crippen molar-refractivity contribution >= 4 is 45.2 Å². The molecule has 0 saturated carbocycles. The van der Waals surface area contributed by atoms with Crippen LogP contribution >= 0.6 is 15.9 Å². The van der Waals surface area contributed by atoms with Crippen LogP contribution in [0.5, 0.6) is 0 Å². The quantitative estimate of drug-likeness (QED) is 0.609. The van der Waals surface area contributed by atoms with Crippen LogP contribution in [0.1, 0.15) is 40.5 Å². The average molecular weight is 475 g/mol. The monoisotopic (exact) mass is 474 g/mol. The summed E-state index contributed by atoms with van der Waals surface area (Å²) in [5, 5.41) is 12.5. The fourth-order valence-corrected chi connectivity index (χ4v) is 3.78. The van der Waals surface area contributed by atoms with Crippen LogP contribution in [0.2, 0.25) is 0 Å². The maximum Gasteiger partial charge on any atom is 0.337 e. The molecule has 1 aliphatic heterocycles. The molecule has 158 valence electrons. The van der Waals surface area contributed by atoms with Crippen molar-refractivity contribution in [3.05, 3.63) is 58.1 Å². The summed E-state index contributed by atoms with van der Waals surface area (Å²) >= 11 is 3.32. The van der Waals surface area contributed by atoms with Gasteiger partial charge in [-0.2, -0.15) is 0 Å². The van der Waals surface area contributed by atoms with Gasteiger partial charge in [-0.25, -0.2) is 4.79 Å². The normalized spacial score (nSPS) is 16.1. The molecule has 0 aliphatic carbocycles. The molecule has 3 rings (SSSR count). The zero-order chi connectivity index (χ0) is 21.7. The number of benzene rings is 2. The third kappa shape index (κ3) is 5.18. The van der Waals surface area contributed by atoms with Gasteiger partial charge in [0.2, 0.25) is 0 Å². The molecule has 1 aliphatic rings. The summed E-state index contributed by atoms with van der Waals surface area (Å²) in [6.07, 6.45) is 1.49. The molecule has 30 heavy (non-hydrogen) atoms. The molecule has 2 aromatic carbocycles. The molecule has 0 unspecified atom stereocenters. The van der Waals surface area contributed by atoms with Crippen molar-refractivity contribution in [1.29, 1.82) is 0 Å². The Morgan fingerprint density at radius 3 is 2.60 bits per heavy atom.